The first-order valence-electron chi connectivity index (χ1n) is 7.13. The van der Waals surface area contributed by atoms with Crippen molar-refractivity contribution in [2.75, 3.05) is 25.6 Å². The number of anilines is 1. The number of hydrogen-bond donors (Lipinski definition) is 1. The third-order valence-electron chi connectivity index (χ3n) is 2.70. The zero-order valence-electron chi connectivity index (χ0n) is 13.6. The third-order valence-corrected chi connectivity index (χ3v) is 2.70. The van der Waals surface area contributed by atoms with Gasteiger partial charge in [0.1, 0.15) is 11.5 Å². The summed E-state index contributed by atoms with van der Waals surface area (Å²) in [5.74, 6) is -3.07. The average Bonchev–Trinajstić information content (AvgIpc) is 2.55. The summed E-state index contributed by atoms with van der Waals surface area (Å²) in [7, 11) is 1.18. The summed E-state index contributed by atoms with van der Waals surface area (Å²) in [6, 6.07) is 3.41. The molecule has 0 saturated carbocycles. The predicted molar refractivity (Wildman–Crippen MR) is 82.7 cm³/mol. The lowest BCUT2D eigenvalue weighted by molar-refractivity contribution is -0.140. The van der Waals surface area contributed by atoms with Gasteiger partial charge in [-0.2, -0.15) is 0 Å². The maximum absolute atomic E-state index is 13.9. The second-order valence-electron chi connectivity index (χ2n) is 4.34. The Labute approximate surface area is 138 Å². The van der Waals surface area contributed by atoms with E-state index < -0.39 is 23.7 Å². The minimum atomic E-state index is -0.867. The molecule has 1 N–H and O–H groups in total. The topological polar surface area (TPSA) is 90.9 Å². The van der Waals surface area contributed by atoms with Crippen LogP contribution in [0.4, 0.5) is 10.1 Å². The molecule has 0 amide bonds. The van der Waals surface area contributed by atoms with Crippen LogP contribution in [-0.2, 0) is 23.8 Å². The summed E-state index contributed by atoms with van der Waals surface area (Å²) in [4.78, 5) is 35.0. The number of halogens is 1. The van der Waals surface area contributed by atoms with E-state index in [4.69, 9.17) is 9.47 Å². The summed E-state index contributed by atoms with van der Waals surface area (Å²) in [6.45, 7) is 3.35. The maximum Gasteiger partial charge on any atom is 0.355 e. The van der Waals surface area contributed by atoms with Crippen molar-refractivity contribution < 1.29 is 33.0 Å². The molecule has 7 nitrogen and oxygen atoms in total. The van der Waals surface area contributed by atoms with Gasteiger partial charge in [-0.3, -0.25) is 0 Å². The van der Waals surface area contributed by atoms with E-state index in [-0.39, 0.29) is 30.2 Å². The Balaban J connectivity index is 3.16. The van der Waals surface area contributed by atoms with Gasteiger partial charge in [-0.25, -0.2) is 18.8 Å². The highest BCUT2D eigenvalue weighted by molar-refractivity contribution is 5.99. The van der Waals surface area contributed by atoms with Gasteiger partial charge in [-0.15, -0.1) is 0 Å². The lowest BCUT2D eigenvalue weighted by Gasteiger charge is -2.12. The van der Waals surface area contributed by atoms with Crippen molar-refractivity contribution in [2.45, 2.75) is 13.8 Å². The zero-order valence-corrected chi connectivity index (χ0v) is 13.6. The maximum atomic E-state index is 13.9. The van der Waals surface area contributed by atoms with Crippen LogP contribution in [0.2, 0.25) is 0 Å². The van der Waals surface area contributed by atoms with E-state index in [0.717, 1.165) is 18.2 Å². The summed E-state index contributed by atoms with van der Waals surface area (Å²) < 4.78 is 28.0. The lowest BCUT2D eigenvalue weighted by Crippen LogP contribution is -2.18. The summed E-state index contributed by atoms with van der Waals surface area (Å²) in [6.07, 6.45) is 0.853. The molecule has 24 heavy (non-hydrogen) atoms. The quantitative estimate of drug-likeness (QED) is 0.462. The Morgan fingerprint density at radius 3 is 2.42 bits per heavy atom. The number of esters is 3. The first-order valence-corrected chi connectivity index (χ1v) is 7.13. The molecule has 0 aliphatic rings. The van der Waals surface area contributed by atoms with E-state index in [1.807, 2.05) is 0 Å². The molecule has 8 heteroatoms. The van der Waals surface area contributed by atoms with Crippen LogP contribution in [0.5, 0.6) is 0 Å². The highest BCUT2D eigenvalue weighted by Crippen LogP contribution is 2.19. The molecule has 0 saturated heterocycles. The molecule has 0 fully saturated rings. The van der Waals surface area contributed by atoms with Crippen molar-refractivity contribution in [1.29, 1.82) is 0 Å². The number of carbonyl (C=O) groups excluding carboxylic acids is 3. The molecule has 0 aromatic heterocycles. The van der Waals surface area contributed by atoms with E-state index in [9.17, 15) is 18.8 Å². The molecular weight excluding hydrogens is 321 g/mol. The number of ether oxygens (including phenoxy) is 3. The minimum Gasteiger partial charge on any atom is -0.465 e. The molecule has 1 rings (SSSR count). The molecule has 0 bridgehead atoms. The molecule has 130 valence electrons. The van der Waals surface area contributed by atoms with Gasteiger partial charge in [0.2, 0.25) is 0 Å². The van der Waals surface area contributed by atoms with Gasteiger partial charge in [-0.05, 0) is 32.0 Å². The molecule has 0 radical (unpaired) electrons. The smallest absolute Gasteiger partial charge is 0.355 e. The molecule has 0 spiro atoms. The van der Waals surface area contributed by atoms with Gasteiger partial charge in [0.15, 0.2) is 0 Å². The Bertz CT molecular complexity index is 656. The number of methoxy groups -OCH3 is 1. The van der Waals surface area contributed by atoms with Crippen molar-refractivity contribution in [3.8, 4) is 0 Å². The lowest BCUT2D eigenvalue weighted by atomic mass is 10.2. The first kappa shape index (κ1) is 19.1. The van der Waals surface area contributed by atoms with E-state index in [2.05, 4.69) is 10.1 Å². The van der Waals surface area contributed by atoms with Gasteiger partial charge < -0.3 is 19.5 Å². The Morgan fingerprint density at radius 1 is 1.17 bits per heavy atom. The fraction of sp³-hybridized carbons (Fsp3) is 0.312. The van der Waals surface area contributed by atoms with Crippen molar-refractivity contribution >= 4 is 23.6 Å². The molecule has 0 unspecified atom stereocenters. The van der Waals surface area contributed by atoms with Crippen LogP contribution in [0.15, 0.2) is 30.0 Å². The van der Waals surface area contributed by atoms with E-state index in [1.54, 1.807) is 13.8 Å². The fourth-order valence-corrected chi connectivity index (χ4v) is 1.67. The van der Waals surface area contributed by atoms with Crippen LogP contribution in [0.3, 0.4) is 0 Å². The van der Waals surface area contributed by atoms with E-state index in [0.29, 0.717) is 0 Å². The molecule has 0 atom stereocenters. The Kier molecular flexibility index (Phi) is 7.41. The standard InChI is InChI=1S/C16H18FNO6/c1-4-23-14(19)9-13(16(21)24-5-2)18-12-8-10(15(20)22-3)6-7-11(12)17/h6-9,18H,4-5H2,1-3H3/b13-9-. The average molecular weight is 339 g/mol. The van der Waals surface area contributed by atoms with Crippen LogP contribution >= 0.6 is 0 Å². The van der Waals surface area contributed by atoms with E-state index >= 15 is 0 Å². The van der Waals surface area contributed by atoms with Crippen molar-refractivity contribution in [2.24, 2.45) is 0 Å². The molecule has 1 aromatic carbocycles. The SMILES string of the molecule is CCOC(=O)/C=C(\Nc1cc(C(=O)OC)ccc1F)C(=O)OCC. The number of carbonyl (C=O) groups is 3. The summed E-state index contributed by atoms with van der Waals surface area (Å²) in [5.41, 5.74) is -0.446. The van der Waals surface area contributed by atoms with Gasteiger partial charge >= 0.3 is 17.9 Å². The monoisotopic (exact) mass is 339 g/mol. The van der Waals surface area contributed by atoms with Crippen LogP contribution in [0.25, 0.3) is 0 Å². The van der Waals surface area contributed by atoms with Crippen LogP contribution in [0.1, 0.15) is 24.2 Å². The summed E-state index contributed by atoms with van der Waals surface area (Å²) in [5, 5.41) is 2.44. The van der Waals surface area contributed by atoms with Gasteiger partial charge in [-0.1, -0.05) is 0 Å². The van der Waals surface area contributed by atoms with Crippen molar-refractivity contribution in [3.63, 3.8) is 0 Å². The van der Waals surface area contributed by atoms with Gasteiger partial charge in [0.05, 0.1) is 37.7 Å². The normalized spacial score (nSPS) is 10.8. The van der Waals surface area contributed by atoms with Crippen LogP contribution < -0.4 is 5.32 Å². The number of nitrogens with one attached hydrogen (secondary N) is 1. The van der Waals surface area contributed by atoms with Crippen LogP contribution in [-0.4, -0.2) is 38.2 Å². The van der Waals surface area contributed by atoms with Crippen molar-refractivity contribution in [3.05, 3.63) is 41.4 Å². The van der Waals surface area contributed by atoms with Crippen LogP contribution in [0, 0.1) is 5.82 Å². The zero-order chi connectivity index (χ0) is 18.1. The summed E-state index contributed by atoms with van der Waals surface area (Å²) >= 11 is 0. The minimum absolute atomic E-state index is 0.0609. The first-order chi connectivity index (χ1) is 11.4. The highest BCUT2D eigenvalue weighted by atomic mass is 19.1. The van der Waals surface area contributed by atoms with Gasteiger partial charge in [0, 0.05) is 0 Å². The Hall–Kier alpha value is -2.90. The predicted octanol–water partition coefficient (Wildman–Crippen LogP) is 2.03. The second kappa shape index (κ2) is 9.29. The fourth-order valence-electron chi connectivity index (χ4n) is 1.67. The molecule has 1 aromatic rings. The Morgan fingerprint density at radius 2 is 1.83 bits per heavy atom. The number of benzene rings is 1. The second-order valence-corrected chi connectivity index (χ2v) is 4.34. The molecule has 0 aliphatic carbocycles. The highest BCUT2D eigenvalue weighted by Gasteiger charge is 2.17. The van der Waals surface area contributed by atoms with E-state index in [1.165, 1.54) is 13.2 Å². The number of hydrogen-bond acceptors (Lipinski definition) is 7. The van der Waals surface area contributed by atoms with Crippen molar-refractivity contribution in [1.82, 2.24) is 0 Å². The molecular formula is C16H18FNO6. The molecule has 0 heterocycles. The van der Waals surface area contributed by atoms with Gasteiger partial charge in [0.25, 0.3) is 0 Å². The largest absolute Gasteiger partial charge is 0.465 e. The molecule has 0 aliphatic heterocycles. The number of rotatable bonds is 7. The third kappa shape index (κ3) is 5.38.